The average Bonchev–Trinajstić information content (AvgIpc) is 3.10. The highest BCUT2D eigenvalue weighted by molar-refractivity contribution is 7.89. The van der Waals surface area contributed by atoms with E-state index in [1.165, 1.54) is 0 Å². The van der Waals surface area contributed by atoms with Gasteiger partial charge in [-0.25, -0.2) is 13.4 Å². The summed E-state index contributed by atoms with van der Waals surface area (Å²) in [6, 6.07) is 9.39. The number of imidazole rings is 1. The molecule has 0 radical (unpaired) electrons. The van der Waals surface area contributed by atoms with Crippen molar-refractivity contribution in [3.8, 4) is 0 Å². The van der Waals surface area contributed by atoms with Crippen LogP contribution >= 0.6 is 0 Å². The van der Waals surface area contributed by atoms with Crippen molar-refractivity contribution in [3.63, 3.8) is 0 Å². The van der Waals surface area contributed by atoms with E-state index in [0.29, 0.717) is 43.2 Å². The van der Waals surface area contributed by atoms with Crippen molar-refractivity contribution in [3.05, 3.63) is 58.4 Å². The fraction of sp³-hybridized carbons (Fsp3) is 0.462. The number of nitrogens with zero attached hydrogens (tertiary/aromatic N) is 4. The Labute approximate surface area is 208 Å². The number of nitrogens with one attached hydrogen (secondary N) is 1. The minimum atomic E-state index is -3.53. The third-order valence-electron chi connectivity index (χ3n) is 6.76. The van der Waals surface area contributed by atoms with E-state index in [2.05, 4.69) is 10.2 Å². The molecule has 188 valence electrons. The first kappa shape index (κ1) is 25.3. The van der Waals surface area contributed by atoms with Crippen LogP contribution in [-0.2, 0) is 23.6 Å². The van der Waals surface area contributed by atoms with Crippen molar-refractivity contribution in [1.82, 2.24) is 24.1 Å². The van der Waals surface area contributed by atoms with Crippen molar-refractivity contribution in [2.24, 2.45) is 7.05 Å². The van der Waals surface area contributed by atoms with E-state index in [1.54, 1.807) is 10.4 Å². The van der Waals surface area contributed by atoms with E-state index in [1.807, 2.05) is 70.5 Å². The number of carbonyl (C=O) groups is 1. The second kappa shape index (κ2) is 9.72. The van der Waals surface area contributed by atoms with E-state index < -0.39 is 10.0 Å². The first-order valence-corrected chi connectivity index (χ1v) is 13.5. The lowest BCUT2D eigenvalue weighted by molar-refractivity contribution is 0.0943. The van der Waals surface area contributed by atoms with Crippen LogP contribution in [0.4, 0.5) is 0 Å². The Morgan fingerprint density at radius 2 is 1.66 bits per heavy atom. The van der Waals surface area contributed by atoms with Gasteiger partial charge in [0.2, 0.25) is 10.0 Å². The number of benzene rings is 2. The third kappa shape index (κ3) is 5.12. The van der Waals surface area contributed by atoms with Crippen molar-refractivity contribution in [2.75, 3.05) is 26.2 Å². The fourth-order valence-corrected chi connectivity index (χ4v) is 6.27. The highest BCUT2D eigenvalue weighted by atomic mass is 32.2. The smallest absolute Gasteiger partial charge is 0.251 e. The molecule has 2 heterocycles. The van der Waals surface area contributed by atoms with Gasteiger partial charge in [0, 0.05) is 44.8 Å². The maximum atomic E-state index is 13.3. The first-order chi connectivity index (χ1) is 16.5. The predicted molar refractivity (Wildman–Crippen MR) is 138 cm³/mol. The summed E-state index contributed by atoms with van der Waals surface area (Å²) in [5.74, 6) is 0.785. The molecule has 3 aromatic rings. The van der Waals surface area contributed by atoms with Crippen LogP contribution in [0.1, 0.15) is 46.7 Å². The summed E-state index contributed by atoms with van der Waals surface area (Å²) in [6.07, 6.45) is 0. The number of carbonyl (C=O) groups excluding carboxylic acids is 1. The van der Waals surface area contributed by atoms with Gasteiger partial charge in [-0.3, -0.25) is 9.69 Å². The Hall–Kier alpha value is -2.75. The Morgan fingerprint density at radius 1 is 1.00 bits per heavy atom. The van der Waals surface area contributed by atoms with Gasteiger partial charge in [-0.05, 0) is 75.6 Å². The van der Waals surface area contributed by atoms with Crippen LogP contribution in [0.25, 0.3) is 11.0 Å². The number of hydrogen-bond acceptors (Lipinski definition) is 5. The number of hydrogen-bond donors (Lipinski definition) is 1. The van der Waals surface area contributed by atoms with Gasteiger partial charge >= 0.3 is 0 Å². The van der Waals surface area contributed by atoms with Gasteiger partial charge in [0.1, 0.15) is 5.82 Å². The minimum Gasteiger partial charge on any atom is -0.350 e. The van der Waals surface area contributed by atoms with E-state index >= 15 is 0 Å². The van der Waals surface area contributed by atoms with Gasteiger partial charge in [-0.15, -0.1) is 0 Å². The minimum absolute atomic E-state index is 0.0684. The van der Waals surface area contributed by atoms with Gasteiger partial charge in [-0.2, -0.15) is 4.31 Å². The zero-order valence-electron chi connectivity index (χ0n) is 21.4. The lowest BCUT2D eigenvalue weighted by atomic mass is 10.1. The summed E-state index contributed by atoms with van der Waals surface area (Å²) >= 11 is 0. The summed E-state index contributed by atoms with van der Waals surface area (Å²) in [7, 11) is -1.56. The topological polar surface area (TPSA) is 87.5 Å². The number of sulfonamides is 1. The summed E-state index contributed by atoms with van der Waals surface area (Å²) < 4.78 is 30.3. The molecular formula is C26H35N5O3S. The maximum Gasteiger partial charge on any atom is 0.251 e. The fourth-order valence-electron chi connectivity index (χ4n) is 4.56. The van der Waals surface area contributed by atoms with Crippen LogP contribution in [0, 0.1) is 20.8 Å². The Morgan fingerprint density at radius 3 is 2.31 bits per heavy atom. The van der Waals surface area contributed by atoms with Crippen LogP contribution in [0.2, 0.25) is 0 Å². The van der Waals surface area contributed by atoms with E-state index in [0.717, 1.165) is 33.5 Å². The molecule has 8 nitrogen and oxygen atoms in total. The zero-order chi connectivity index (χ0) is 25.5. The standard InChI is InChI=1S/C26H35N5O3S/c1-17(2)27-26(32)21-7-8-23-22(15-21)28-25(29(23)6)16-30-9-11-31(12-10-30)35(33,34)24-14-19(4)18(3)13-20(24)5/h7-8,13-15,17H,9-12,16H2,1-6H3,(H,27,32). The second-order valence-corrected chi connectivity index (χ2v) is 11.7. The molecule has 2 aromatic carbocycles. The van der Waals surface area contributed by atoms with Crippen molar-refractivity contribution in [2.45, 2.75) is 52.1 Å². The molecule has 0 bridgehead atoms. The normalized spacial score (nSPS) is 15.7. The van der Waals surface area contributed by atoms with Crippen LogP contribution in [-0.4, -0.2) is 65.3 Å². The molecule has 4 rings (SSSR count). The Bertz CT molecular complexity index is 1370. The van der Waals surface area contributed by atoms with Crippen molar-refractivity contribution >= 4 is 27.0 Å². The lowest BCUT2D eigenvalue weighted by Gasteiger charge is -2.34. The molecule has 0 atom stereocenters. The maximum absolute atomic E-state index is 13.3. The molecule has 1 fully saturated rings. The number of piperazine rings is 1. The molecule has 1 aromatic heterocycles. The largest absolute Gasteiger partial charge is 0.350 e. The zero-order valence-corrected chi connectivity index (χ0v) is 22.2. The van der Waals surface area contributed by atoms with Gasteiger partial charge in [-0.1, -0.05) is 6.07 Å². The molecule has 1 aliphatic rings. The number of fused-ring (bicyclic) bond motifs is 1. The van der Waals surface area contributed by atoms with E-state index in [9.17, 15) is 13.2 Å². The van der Waals surface area contributed by atoms with Gasteiger partial charge < -0.3 is 9.88 Å². The summed E-state index contributed by atoms with van der Waals surface area (Å²) in [6.45, 7) is 12.4. The number of aryl methyl sites for hydroxylation is 4. The average molecular weight is 498 g/mol. The molecule has 0 spiro atoms. The summed E-state index contributed by atoms with van der Waals surface area (Å²) in [5, 5.41) is 2.91. The Balaban J connectivity index is 1.46. The Kier molecular flexibility index (Phi) is 7.04. The number of rotatable bonds is 6. The molecule has 9 heteroatoms. The quantitative estimate of drug-likeness (QED) is 0.565. The number of amides is 1. The molecular weight excluding hydrogens is 462 g/mol. The number of aromatic nitrogens is 2. The van der Waals surface area contributed by atoms with E-state index in [4.69, 9.17) is 4.98 Å². The summed E-state index contributed by atoms with van der Waals surface area (Å²) in [4.78, 5) is 19.8. The van der Waals surface area contributed by atoms with Gasteiger partial charge in [0.25, 0.3) is 5.91 Å². The van der Waals surface area contributed by atoms with Crippen LogP contribution in [0.3, 0.4) is 0 Å². The molecule has 35 heavy (non-hydrogen) atoms. The molecule has 0 saturated carbocycles. The monoisotopic (exact) mass is 497 g/mol. The van der Waals surface area contributed by atoms with Crippen LogP contribution in [0.15, 0.2) is 35.2 Å². The highest BCUT2D eigenvalue weighted by Crippen LogP contribution is 2.25. The molecule has 1 N–H and O–H groups in total. The second-order valence-electron chi connectivity index (χ2n) is 9.80. The van der Waals surface area contributed by atoms with Crippen LogP contribution in [0.5, 0.6) is 0 Å². The molecule has 0 unspecified atom stereocenters. The lowest BCUT2D eigenvalue weighted by Crippen LogP contribution is -2.48. The first-order valence-electron chi connectivity index (χ1n) is 12.0. The van der Waals surface area contributed by atoms with E-state index in [-0.39, 0.29) is 11.9 Å². The molecule has 1 saturated heterocycles. The molecule has 1 amide bonds. The van der Waals surface area contributed by atoms with Gasteiger partial charge in [0.05, 0.1) is 22.5 Å². The molecule has 1 aliphatic heterocycles. The highest BCUT2D eigenvalue weighted by Gasteiger charge is 2.30. The van der Waals surface area contributed by atoms with Crippen molar-refractivity contribution in [1.29, 1.82) is 0 Å². The SMILES string of the molecule is Cc1cc(C)c(S(=O)(=O)N2CCN(Cc3nc4cc(C(=O)NC(C)C)ccc4n3C)CC2)cc1C. The molecule has 0 aliphatic carbocycles. The van der Waals surface area contributed by atoms with Crippen LogP contribution < -0.4 is 5.32 Å². The predicted octanol–water partition coefficient (Wildman–Crippen LogP) is 3.14. The van der Waals surface area contributed by atoms with Crippen molar-refractivity contribution < 1.29 is 13.2 Å². The summed E-state index contributed by atoms with van der Waals surface area (Å²) in [5.41, 5.74) is 5.21. The van der Waals surface area contributed by atoms with Gasteiger partial charge in [0.15, 0.2) is 0 Å². The third-order valence-corrected chi connectivity index (χ3v) is 8.80.